The van der Waals surface area contributed by atoms with Gasteiger partial charge in [-0.25, -0.2) is 4.79 Å². The van der Waals surface area contributed by atoms with E-state index in [2.05, 4.69) is 0 Å². The van der Waals surface area contributed by atoms with E-state index in [0.717, 1.165) is 5.56 Å². The van der Waals surface area contributed by atoms with Gasteiger partial charge in [-0.15, -0.1) is 0 Å². The van der Waals surface area contributed by atoms with E-state index >= 15 is 0 Å². The summed E-state index contributed by atoms with van der Waals surface area (Å²) in [5.41, 5.74) is 1.71. The summed E-state index contributed by atoms with van der Waals surface area (Å²) < 4.78 is 4.96. The molecule has 0 fully saturated rings. The number of likely N-dealkylation sites (N-methyl/N-ethyl adjacent to an activating group) is 1. The minimum absolute atomic E-state index is 0.278. The summed E-state index contributed by atoms with van der Waals surface area (Å²) >= 11 is 11.7. The van der Waals surface area contributed by atoms with Crippen LogP contribution < -0.4 is 0 Å². The van der Waals surface area contributed by atoms with Crippen molar-refractivity contribution < 1.29 is 14.3 Å². The molecule has 0 radical (unpaired) electrons. The quantitative estimate of drug-likeness (QED) is 0.559. The first-order chi connectivity index (χ1) is 12.0. The third-order valence-electron chi connectivity index (χ3n) is 3.38. The first kappa shape index (κ1) is 19.0. The molecule has 0 aliphatic heterocycles. The molecule has 0 aliphatic rings. The summed E-state index contributed by atoms with van der Waals surface area (Å²) in [5.74, 6) is -0.882. The fraction of sp³-hybridized carbons (Fsp3) is 0.158. The van der Waals surface area contributed by atoms with E-state index in [9.17, 15) is 9.59 Å². The van der Waals surface area contributed by atoms with Crippen molar-refractivity contribution in [2.24, 2.45) is 0 Å². The second-order valence-electron chi connectivity index (χ2n) is 5.35. The van der Waals surface area contributed by atoms with Gasteiger partial charge >= 0.3 is 5.97 Å². The second kappa shape index (κ2) is 9.25. The molecule has 0 saturated carbocycles. The molecule has 2 aromatic rings. The van der Waals surface area contributed by atoms with Gasteiger partial charge in [0.1, 0.15) is 0 Å². The van der Waals surface area contributed by atoms with Crippen LogP contribution in [0.4, 0.5) is 0 Å². The van der Waals surface area contributed by atoms with Crippen LogP contribution in [0.15, 0.2) is 54.6 Å². The van der Waals surface area contributed by atoms with Gasteiger partial charge in [0.15, 0.2) is 6.61 Å². The van der Waals surface area contributed by atoms with Crippen molar-refractivity contribution in [3.63, 3.8) is 0 Å². The second-order valence-corrected chi connectivity index (χ2v) is 6.16. The third-order valence-corrected chi connectivity index (χ3v) is 4.12. The SMILES string of the molecule is CN(Cc1ccccc1)C(=O)COC(=O)/C=C/c1ccc(Cl)c(Cl)c1. The Hall–Kier alpha value is -2.30. The van der Waals surface area contributed by atoms with E-state index in [1.165, 1.54) is 11.0 Å². The van der Waals surface area contributed by atoms with Crippen LogP contribution >= 0.6 is 23.2 Å². The van der Waals surface area contributed by atoms with Crippen LogP contribution in [-0.4, -0.2) is 30.4 Å². The van der Waals surface area contributed by atoms with Crippen molar-refractivity contribution in [2.45, 2.75) is 6.54 Å². The molecule has 1 amide bonds. The van der Waals surface area contributed by atoms with Gasteiger partial charge in [-0.1, -0.05) is 59.6 Å². The van der Waals surface area contributed by atoms with E-state index in [4.69, 9.17) is 27.9 Å². The lowest BCUT2D eigenvalue weighted by atomic mass is 10.2. The topological polar surface area (TPSA) is 46.6 Å². The minimum atomic E-state index is -0.604. The van der Waals surface area contributed by atoms with Crippen LogP contribution in [0.3, 0.4) is 0 Å². The molecule has 0 heterocycles. The van der Waals surface area contributed by atoms with E-state index in [0.29, 0.717) is 22.2 Å². The smallest absolute Gasteiger partial charge is 0.331 e. The summed E-state index contributed by atoms with van der Waals surface area (Å²) in [4.78, 5) is 25.2. The molecule has 130 valence electrons. The molecule has 6 heteroatoms. The standard InChI is InChI=1S/C19H17Cl2NO3/c1-22(12-15-5-3-2-4-6-15)18(23)13-25-19(24)10-8-14-7-9-16(20)17(21)11-14/h2-11H,12-13H2,1H3/b10-8+. The monoisotopic (exact) mass is 377 g/mol. The predicted octanol–water partition coefficient (Wildman–Crippen LogP) is 4.21. The molecular weight excluding hydrogens is 361 g/mol. The van der Waals surface area contributed by atoms with Gasteiger partial charge < -0.3 is 9.64 Å². The molecule has 0 saturated heterocycles. The van der Waals surface area contributed by atoms with Gasteiger partial charge in [-0.05, 0) is 29.3 Å². The zero-order chi connectivity index (χ0) is 18.2. The average Bonchev–Trinajstić information content (AvgIpc) is 2.61. The first-order valence-corrected chi connectivity index (χ1v) is 8.29. The van der Waals surface area contributed by atoms with Crippen molar-refractivity contribution in [3.8, 4) is 0 Å². The van der Waals surface area contributed by atoms with Crippen LogP contribution in [0, 0.1) is 0 Å². The average molecular weight is 378 g/mol. The molecule has 0 aliphatic carbocycles. The lowest BCUT2D eigenvalue weighted by Crippen LogP contribution is -2.30. The van der Waals surface area contributed by atoms with Crippen LogP contribution in [0.5, 0.6) is 0 Å². The predicted molar refractivity (Wildman–Crippen MR) is 99.4 cm³/mol. The Morgan fingerprint density at radius 1 is 1.08 bits per heavy atom. The largest absolute Gasteiger partial charge is 0.452 e. The summed E-state index contributed by atoms with van der Waals surface area (Å²) in [6, 6.07) is 14.6. The molecule has 2 aromatic carbocycles. The number of esters is 1. The highest BCUT2D eigenvalue weighted by molar-refractivity contribution is 6.42. The van der Waals surface area contributed by atoms with Gasteiger partial charge in [0.25, 0.3) is 5.91 Å². The Labute approximate surface area is 156 Å². The van der Waals surface area contributed by atoms with Gasteiger partial charge in [-0.3, -0.25) is 4.79 Å². The lowest BCUT2D eigenvalue weighted by molar-refractivity contribution is -0.147. The summed E-state index contributed by atoms with van der Waals surface area (Å²) in [5, 5.41) is 0.836. The summed E-state index contributed by atoms with van der Waals surface area (Å²) in [7, 11) is 1.66. The van der Waals surface area contributed by atoms with Crippen LogP contribution in [0.1, 0.15) is 11.1 Å². The molecule has 0 atom stereocenters. The number of rotatable bonds is 6. The summed E-state index contributed by atoms with van der Waals surface area (Å²) in [6.45, 7) is 0.143. The molecule has 0 spiro atoms. The van der Waals surface area contributed by atoms with Crippen molar-refractivity contribution >= 4 is 41.2 Å². The zero-order valence-electron chi connectivity index (χ0n) is 13.6. The van der Waals surface area contributed by atoms with Crippen molar-refractivity contribution in [1.82, 2.24) is 4.90 Å². The highest BCUT2D eigenvalue weighted by atomic mass is 35.5. The van der Waals surface area contributed by atoms with Gasteiger partial charge in [0, 0.05) is 19.7 Å². The molecule has 2 rings (SSSR count). The maximum atomic E-state index is 12.0. The number of hydrogen-bond donors (Lipinski definition) is 0. The van der Waals surface area contributed by atoms with Gasteiger partial charge in [0.2, 0.25) is 0 Å². The number of nitrogens with zero attached hydrogens (tertiary/aromatic N) is 1. The molecular formula is C19H17Cl2NO3. The maximum absolute atomic E-state index is 12.0. The normalized spacial score (nSPS) is 10.7. The van der Waals surface area contributed by atoms with Gasteiger partial charge in [-0.2, -0.15) is 0 Å². The minimum Gasteiger partial charge on any atom is -0.452 e. The van der Waals surface area contributed by atoms with E-state index in [-0.39, 0.29) is 12.5 Å². The zero-order valence-corrected chi connectivity index (χ0v) is 15.1. The fourth-order valence-electron chi connectivity index (χ4n) is 2.02. The number of benzene rings is 2. The van der Waals surface area contributed by atoms with Gasteiger partial charge in [0.05, 0.1) is 10.0 Å². The lowest BCUT2D eigenvalue weighted by Gasteiger charge is -2.16. The number of halogens is 2. The third kappa shape index (κ3) is 6.25. The van der Waals surface area contributed by atoms with Crippen LogP contribution in [0.25, 0.3) is 6.08 Å². The highest BCUT2D eigenvalue weighted by Crippen LogP contribution is 2.23. The van der Waals surface area contributed by atoms with E-state index in [1.54, 1.807) is 31.3 Å². The van der Waals surface area contributed by atoms with Crippen molar-refractivity contribution in [1.29, 1.82) is 0 Å². The molecule has 0 bridgehead atoms. The Balaban J connectivity index is 1.81. The Morgan fingerprint density at radius 2 is 1.80 bits per heavy atom. The van der Waals surface area contributed by atoms with Crippen LogP contribution in [-0.2, 0) is 20.9 Å². The molecule has 0 N–H and O–H groups in total. The van der Waals surface area contributed by atoms with Crippen LogP contribution in [0.2, 0.25) is 10.0 Å². The highest BCUT2D eigenvalue weighted by Gasteiger charge is 2.11. The summed E-state index contributed by atoms with van der Waals surface area (Å²) in [6.07, 6.45) is 2.78. The van der Waals surface area contributed by atoms with Crippen molar-refractivity contribution in [3.05, 3.63) is 75.8 Å². The molecule has 4 nitrogen and oxygen atoms in total. The number of amides is 1. The molecule has 0 aromatic heterocycles. The Kier molecular flexibility index (Phi) is 7.04. The number of hydrogen-bond acceptors (Lipinski definition) is 3. The van der Waals surface area contributed by atoms with Crippen molar-refractivity contribution in [2.75, 3.05) is 13.7 Å². The van der Waals surface area contributed by atoms with E-state index < -0.39 is 5.97 Å². The first-order valence-electron chi connectivity index (χ1n) is 7.53. The molecule has 25 heavy (non-hydrogen) atoms. The Morgan fingerprint density at radius 3 is 2.48 bits per heavy atom. The number of ether oxygens (including phenoxy) is 1. The fourth-order valence-corrected chi connectivity index (χ4v) is 2.32. The molecule has 0 unspecified atom stereocenters. The van der Waals surface area contributed by atoms with E-state index in [1.807, 2.05) is 30.3 Å². The number of carbonyl (C=O) groups excluding carboxylic acids is 2. The maximum Gasteiger partial charge on any atom is 0.331 e. The Bertz CT molecular complexity index is 775. The number of carbonyl (C=O) groups is 2.